The van der Waals surface area contributed by atoms with Gasteiger partial charge in [-0.1, -0.05) is 48.6 Å². The summed E-state index contributed by atoms with van der Waals surface area (Å²) in [4.78, 5) is 0.745. The van der Waals surface area contributed by atoms with Gasteiger partial charge in [0.1, 0.15) is 5.75 Å². The molecule has 0 amide bonds. The zero-order valence-electron chi connectivity index (χ0n) is 15.9. The van der Waals surface area contributed by atoms with Crippen molar-refractivity contribution in [1.29, 1.82) is 0 Å². The summed E-state index contributed by atoms with van der Waals surface area (Å²) in [6, 6.07) is 15.9. The number of rotatable bonds is 12. The fraction of sp³-hybridized carbons (Fsp3) is 0.368. The predicted molar refractivity (Wildman–Crippen MR) is 119 cm³/mol. The molecule has 2 rings (SSSR count). The van der Waals surface area contributed by atoms with Gasteiger partial charge in [0.25, 0.3) is 0 Å². The molecule has 0 heterocycles. The highest BCUT2D eigenvalue weighted by atomic mass is 33.1. The molecule has 1 atom stereocenters. The van der Waals surface area contributed by atoms with Crippen molar-refractivity contribution in [1.82, 2.24) is 0 Å². The van der Waals surface area contributed by atoms with E-state index >= 15 is 0 Å². The molecule has 0 spiro atoms. The lowest BCUT2D eigenvalue weighted by Crippen LogP contribution is -2.15. The summed E-state index contributed by atoms with van der Waals surface area (Å²) in [5.41, 5.74) is 0.942. The third-order valence-corrected chi connectivity index (χ3v) is 11.9. The summed E-state index contributed by atoms with van der Waals surface area (Å²) in [5, 5.41) is 0. The van der Waals surface area contributed by atoms with Crippen molar-refractivity contribution in [3.8, 4) is 5.75 Å². The standard InChI is InChI=1S/C19H25O5PS3/c1-3-15-26-25(20,23-4-2)27-19-12-10-18(11-13-19)24-28(21,22)16-14-17-8-6-5-7-9-17/h5-13H,3-4,14-16H2,1-2H3. The SMILES string of the molecule is CCCSP(=O)(OCC)Sc1ccc(OS(=O)(=O)CCc2ccccc2)cc1. The Morgan fingerprint density at radius 2 is 1.68 bits per heavy atom. The van der Waals surface area contributed by atoms with Crippen LogP contribution >= 0.6 is 28.5 Å². The van der Waals surface area contributed by atoms with E-state index in [1.54, 1.807) is 24.3 Å². The second-order valence-corrected chi connectivity index (χ2v) is 14.9. The maximum absolute atomic E-state index is 12.9. The van der Waals surface area contributed by atoms with Crippen molar-refractivity contribution >= 4 is 38.7 Å². The zero-order chi connectivity index (χ0) is 20.5. The van der Waals surface area contributed by atoms with Crippen LogP contribution in [0.1, 0.15) is 25.8 Å². The highest BCUT2D eigenvalue weighted by Gasteiger charge is 2.25. The van der Waals surface area contributed by atoms with Gasteiger partial charge in [-0.15, -0.1) is 0 Å². The second kappa shape index (κ2) is 11.3. The Morgan fingerprint density at radius 3 is 2.29 bits per heavy atom. The average Bonchev–Trinajstić information content (AvgIpc) is 2.67. The van der Waals surface area contributed by atoms with E-state index < -0.39 is 15.9 Å². The van der Waals surface area contributed by atoms with Gasteiger partial charge in [-0.25, -0.2) is 0 Å². The van der Waals surface area contributed by atoms with Gasteiger partial charge in [-0.2, -0.15) is 8.42 Å². The van der Waals surface area contributed by atoms with E-state index in [4.69, 9.17) is 8.71 Å². The summed E-state index contributed by atoms with van der Waals surface area (Å²) < 4.78 is 47.9. The van der Waals surface area contributed by atoms with E-state index in [0.29, 0.717) is 13.0 Å². The first kappa shape index (κ1) is 23.4. The number of hydrogen-bond donors (Lipinski definition) is 0. The molecule has 0 aromatic heterocycles. The Labute approximate surface area is 175 Å². The van der Waals surface area contributed by atoms with Crippen LogP contribution in [-0.4, -0.2) is 26.5 Å². The normalized spacial score (nSPS) is 13.8. The monoisotopic (exact) mass is 460 g/mol. The molecule has 0 aliphatic rings. The zero-order valence-corrected chi connectivity index (χ0v) is 19.3. The quantitative estimate of drug-likeness (QED) is 0.283. The van der Waals surface area contributed by atoms with E-state index in [9.17, 15) is 13.0 Å². The Balaban J connectivity index is 1.96. The number of aryl methyl sites for hydroxylation is 1. The van der Waals surface area contributed by atoms with Crippen molar-refractivity contribution < 1.29 is 21.7 Å². The van der Waals surface area contributed by atoms with Crippen molar-refractivity contribution in [2.75, 3.05) is 18.1 Å². The second-order valence-electron chi connectivity index (χ2n) is 5.84. The molecule has 2 aromatic rings. The molecular formula is C19H25O5PS3. The van der Waals surface area contributed by atoms with E-state index in [0.717, 1.165) is 22.6 Å². The molecule has 0 bridgehead atoms. The first-order valence-electron chi connectivity index (χ1n) is 9.00. The third-order valence-electron chi connectivity index (χ3n) is 3.49. The molecule has 0 saturated carbocycles. The molecule has 28 heavy (non-hydrogen) atoms. The minimum atomic E-state index is -3.69. The fourth-order valence-corrected chi connectivity index (χ4v) is 10.1. The van der Waals surface area contributed by atoms with Crippen molar-refractivity contribution in [3.05, 3.63) is 60.2 Å². The van der Waals surface area contributed by atoms with Crippen molar-refractivity contribution in [2.24, 2.45) is 0 Å². The van der Waals surface area contributed by atoms with E-state index in [1.165, 1.54) is 22.8 Å². The molecule has 0 N–H and O–H groups in total. The number of benzene rings is 2. The maximum atomic E-state index is 12.9. The highest BCUT2D eigenvalue weighted by molar-refractivity contribution is 8.89. The minimum absolute atomic E-state index is 0.0965. The molecule has 2 aromatic carbocycles. The summed E-state index contributed by atoms with van der Waals surface area (Å²) >= 11 is 2.51. The first-order valence-corrected chi connectivity index (χ1v) is 15.2. The van der Waals surface area contributed by atoms with Crippen LogP contribution in [0.25, 0.3) is 0 Å². The molecule has 154 valence electrons. The Bertz CT molecular complexity index is 870. The molecule has 9 heteroatoms. The largest absolute Gasteiger partial charge is 0.382 e. The van der Waals surface area contributed by atoms with Gasteiger partial charge in [0, 0.05) is 10.6 Å². The molecule has 5 nitrogen and oxygen atoms in total. The Morgan fingerprint density at radius 1 is 1.00 bits per heavy atom. The van der Waals surface area contributed by atoms with Gasteiger partial charge in [0.05, 0.1) is 12.4 Å². The average molecular weight is 461 g/mol. The molecular weight excluding hydrogens is 435 g/mol. The molecule has 0 radical (unpaired) electrons. The Kier molecular flexibility index (Phi) is 9.44. The van der Waals surface area contributed by atoms with Gasteiger partial charge < -0.3 is 8.71 Å². The lowest BCUT2D eigenvalue weighted by Gasteiger charge is -2.16. The van der Waals surface area contributed by atoms with Crippen LogP contribution in [0, 0.1) is 0 Å². The van der Waals surface area contributed by atoms with Crippen LogP contribution in [0.5, 0.6) is 5.75 Å². The van der Waals surface area contributed by atoms with E-state index in [-0.39, 0.29) is 11.5 Å². The maximum Gasteiger partial charge on any atom is 0.317 e. The van der Waals surface area contributed by atoms with Crippen LogP contribution in [0.15, 0.2) is 59.5 Å². The summed E-state index contributed by atoms with van der Waals surface area (Å²) in [5.74, 6) is -1.99. The van der Waals surface area contributed by atoms with Gasteiger partial charge in [-0.05, 0) is 61.0 Å². The summed E-state index contributed by atoms with van der Waals surface area (Å²) in [6.45, 7) is 4.22. The smallest absolute Gasteiger partial charge is 0.317 e. The molecule has 0 aliphatic heterocycles. The molecule has 0 saturated heterocycles. The van der Waals surface area contributed by atoms with Crippen LogP contribution in [0.4, 0.5) is 0 Å². The lowest BCUT2D eigenvalue weighted by atomic mass is 10.2. The van der Waals surface area contributed by atoms with Gasteiger partial charge in [0.2, 0.25) is 0 Å². The van der Waals surface area contributed by atoms with Crippen molar-refractivity contribution in [2.45, 2.75) is 31.6 Å². The van der Waals surface area contributed by atoms with Crippen LogP contribution in [-0.2, 0) is 25.6 Å². The van der Waals surface area contributed by atoms with E-state index in [2.05, 4.69) is 0 Å². The lowest BCUT2D eigenvalue weighted by molar-refractivity contribution is 0.357. The van der Waals surface area contributed by atoms with Gasteiger partial charge >= 0.3 is 15.9 Å². The van der Waals surface area contributed by atoms with Crippen molar-refractivity contribution in [3.63, 3.8) is 0 Å². The Hall–Kier alpha value is -0.920. The minimum Gasteiger partial charge on any atom is -0.382 e. The molecule has 1 unspecified atom stereocenters. The van der Waals surface area contributed by atoms with Gasteiger partial charge in [-0.3, -0.25) is 4.57 Å². The molecule has 0 fully saturated rings. The third kappa shape index (κ3) is 8.21. The first-order chi connectivity index (χ1) is 13.4. The topological polar surface area (TPSA) is 69.7 Å². The fourth-order valence-electron chi connectivity index (χ4n) is 2.21. The van der Waals surface area contributed by atoms with Crippen LogP contribution < -0.4 is 4.18 Å². The van der Waals surface area contributed by atoms with Crippen LogP contribution in [0.2, 0.25) is 0 Å². The highest BCUT2D eigenvalue weighted by Crippen LogP contribution is 2.72. The summed E-state index contributed by atoms with van der Waals surface area (Å²) in [7, 11) is -3.69. The number of hydrogen-bond acceptors (Lipinski definition) is 7. The summed E-state index contributed by atoms with van der Waals surface area (Å²) in [6.07, 6.45) is 1.30. The van der Waals surface area contributed by atoms with Crippen LogP contribution in [0.3, 0.4) is 0 Å². The van der Waals surface area contributed by atoms with Gasteiger partial charge in [0.15, 0.2) is 0 Å². The van der Waals surface area contributed by atoms with E-state index in [1.807, 2.05) is 44.2 Å². The molecule has 0 aliphatic carbocycles. The predicted octanol–water partition coefficient (Wildman–Crippen LogP) is 6.02.